The lowest BCUT2D eigenvalue weighted by atomic mass is 9.93. The first-order valence-corrected chi connectivity index (χ1v) is 9.04. The molecule has 2 heterocycles. The molecule has 0 aliphatic heterocycles. The van der Waals surface area contributed by atoms with Crippen LogP contribution in [0.3, 0.4) is 0 Å². The average Bonchev–Trinajstić information content (AvgIpc) is 2.99. The fraction of sp³-hybridized carbons (Fsp3) is 0.350. The van der Waals surface area contributed by atoms with Gasteiger partial charge in [0.1, 0.15) is 6.07 Å². The number of hydrogen-bond donors (Lipinski definition) is 1. The Kier molecular flexibility index (Phi) is 5.47. The highest BCUT2D eigenvalue weighted by molar-refractivity contribution is 6.31. The number of fused-ring (bicyclic) bond motifs is 1. The van der Waals surface area contributed by atoms with Crippen LogP contribution in [0.15, 0.2) is 30.6 Å². The summed E-state index contributed by atoms with van der Waals surface area (Å²) in [4.78, 5) is 4.39. The molecule has 0 saturated carbocycles. The number of aliphatic hydroxyl groups is 1. The first-order chi connectivity index (χ1) is 12.8. The number of nitrogens with zero attached hydrogens (tertiary/aromatic N) is 4. The second kappa shape index (κ2) is 7.65. The molecule has 0 fully saturated rings. The molecule has 2 aromatic heterocycles. The van der Waals surface area contributed by atoms with Gasteiger partial charge in [0.15, 0.2) is 5.69 Å². The molecule has 0 spiro atoms. The van der Waals surface area contributed by atoms with E-state index in [1.165, 1.54) is 0 Å². The summed E-state index contributed by atoms with van der Waals surface area (Å²) in [6.07, 6.45) is 3.39. The Morgan fingerprint density at radius 1 is 1.33 bits per heavy atom. The van der Waals surface area contributed by atoms with E-state index in [4.69, 9.17) is 16.3 Å². The number of hydrogen-bond acceptors (Lipinski definition) is 5. The van der Waals surface area contributed by atoms with E-state index in [9.17, 15) is 10.4 Å². The molecule has 140 valence electrons. The van der Waals surface area contributed by atoms with Crippen molar-refractivity contribution in [2.45, 2.75) is 39.5 Å². The van der Waals surface area contributed by atoms with Crippen LogP contribution in [-0.2, 0) is 23.5 Å². The van der Waals surface area contributed by atoms with Crippen molar-refractivity contribution < 1.29 is 9.84 Å². The Bertz CT molecular complexity index is 1020. The van der Waals surface area contributed by atoms with E-state index in [1.807, 2.05) is 31.3 Å². The maximum Gasteiger partial charge on any atom is 0.167 e. The van der Waals surface area contributed by atoms with Crippen LogP contribution < -0.4 is 0 Å². The number of pyridine rings is 1. The van der Waals surface area contributed by atoms with Crippen molar-refractivity contribution in [3.8, 4) is 6.07 Å². The molecule has 1 N–H and O–H groups in total. The van der Waals surface area contributed by atoms with Gasteiger partial charge in [-0.2, -0.15) is 10.4 Å². The molecule has 0 radical (unpaired) electrons. The summed E-state index contributed by atoms with van der Waals surface area (Å²) in [6.45, 7) is 6.73. The van der Waals surface area contributed by atoms with Gasteiger partial charge in [-0.3, -0.25) is 9.67 Å². The fourth-order valence-electron chi connectivity index (χ4n) is 2.99. The van der Waals surface area contributed by atoms with Crippen molar-refractivity contribution in [3.63, 3.8) is 0 Å². The molecule has 0 aliphatic rings. The number of halogens is 1. The Hall–Kier alpha value is -2.46. The number of aromatic nitrogens is 3. The quantitative estimate of drug-likeness (QED) is 0.699. The van der Waals surface area contributed by atoms with Gasteiger partial charge in [-0.15, -0.1) is 0 Å². The van der Waals surface area contributed by atoms with E-state index in [-0.39, 0.29) is 0 Å². The molecule has 0 saturated heterocycles. The summed E-state index contributed by atoms with van der Waals surface area (Å²) in [7, 11) is 0. The molecule has 3 rings (SSSR count). The Morgan fingerprint density at radius 2 is 2.11 bits per heavy atom. The van der Waals surface area contributed by atoms with Gasteiger partial charge in [0.25, 0.3) is 0 Å². The Balaban J connectivity index is 2.02. The summed E-state index contributed by atoms with van der Waals surface area (Å²) in [5.41, 5.74) is 2.42. The van der Waals surface area contributed by atoms with Gasteiger partial charge in [0.2, 0.25) is 0 Å². The molecule has 0 bridgehead atoms. The molecule has 0 aliphatic carbocycles. The lowest BCUT2D eigenvalue weighted by Crippen LogP contribution is -2.17. The predicted octanol–water partition coefficient (Wildman–Crippen LogP) is 3.77. The molecule has 0 atom stereocenters. The van der Waals surface area contributed by atoms with Crippen molar-refractivity contribution in [1.82, 2.24) is 14.8 Å². The van der Waals surface area contributed by atoms with Gasteiger partial charge in [-0.25, -0.2) is 0 Å². The maximum absolute atomic E-state index is 10.6. The summed E-state index contributed by atoms with van der Waals surface area (Å²) >= 11 is 6.10. The first-order valence-electron chi connectivity index (χ1n) is 8.67. The van der Waals surface area contributed by atoms with Crippen LogP contribution in [0.1, 0.15) is 43.2 Å². The van der Waals surface area contributed by atoms with E-state index in [0.717, 1.165) is 16.5 Å². The lowest BCUT2D eigenvalue weighted by molar-refractivity contribution is 0.0799. The molecule has 1 aromatic carbocycles. The van der Waals surface area contributed by atoms with Crippen LogP contribution in [0.5, 0.6) is 0 Å². The third-order valence-corrected chi connectivity index (χ3v) is 4.43. The number of benzene rings is 1. The minimum atomic E-state index is -1.06. The number of nitriles is 1. The zero-order chi connectivity index (χ0) is 19.6. The van der Waals surface area contributed by atoms with E-state index >= 15 is 0 Å². The second-order valence-electron chi connectivity index (χ2n) is 6.88. The van der Waals surface area contributed by atoms with Crippen LogP contribution in [0.4, 0.5) is 0 Å². The van der Waals surface area contributed by atoms with Crippen molar-refractivity contribution in [3.05, 3.63) is 58.0 Å². The van der Waals surface area contributed by atoms with Crippen LogP contribution >= 0.6 is 11.6 Å². The number of rotatable bonds is 6. The van der Waals surface area contributed by atoms with Crippen molar-refractivity contribution in [1.29, 1.82) is 5.26 Å². The normalized spacial score (nSPS) is 11.7. The third kappa shape index (κ3) is 4.28. The highest BCUT2D eigenvalue weighted by Gasteiger charge is 2.21. The summed E-state index contributed by atoms with van der Waals surface area (Å²) in [5.74, 6) is 0. The van der Waals surface area contributed by atoms with Gasteiger partial charge >= 0.3 is 0 Å². The van der Waals surface area contributed by atoms with E-state index in [0.29, 0.717) is 41.6 Å². The minimum Gasteiger partial charge on any atom is -0.386 e. The topological polar surface area (TPSA) is 84.0 Å². The van der Waals surface area contributed by atoms with E-state index < -0.39 is 5.60 Å². The standard InChI is InChI=1S/C20H21ClN4O2/c1-4-27-12-15-11-25(24-18(15)8-22)10-13-5-14-7-16(21)9-23-19(14)17(6-13)20(2,3)26/h5-7,9,11,26H,4,10,12H2,1-3H3. The summed E-state index contributed by atoms with van der Waals surface area (Å²) < 4.78 is 7.11. The highest BCUT2D eigenvalue weighted by Crippen LogP contribution is 2.30. The average molecular weight is 385 g/mol. The molecule has 0 unspecified atom stereocenters. The highest BCUT2D eigenvalue weighted by atomic mass is 35.5. The molecule has 0 amide bonds. The number of ether oxygens (including phenoxy) is 1. The van der Waals surface area contributed by atoms with Crippen molar-refractivity contribution >= 4 is 22.5 Å². The zero-order valence-corrected chi connectivity index (χ0v) is 16.3. The molecular weight excluding hydrogens is 364 g/mol. The smallest absolute Gasteiger partial charge is 0.167 e. The van der Waals surface area contributed by atoms with Crippen molar-refractivity contribution in [2.75, 3.05) is 6.61 Å². The van der Waals surface area contributed by atoms with E-state index in [1.54, 1.807) is 24.7 Å². The molecule has 3 aromatic rings. The second-order valence-corrected chi connectivity index (χ2v) is 7.31. The fourth-order valence-corrected chi connectivity index (χ4v) is 3.15. The minimum absolute atomic E-state index is 0.353. The largest absolute Gasteiger partial charge is 0.386 e. The van der Waals surface area contributed by atoms with Crippen LogP contribution in [0.2, 0.25) is 5.02 Å². The third-order valence-electron chi connectivity index (χ3n) is 4.22. The lowest BCUT2D eigenvalue weighted by Gasteiger charge is -2.21. The van der Waals surface area contributed by atoms with Crippen molar-refractivity contribution in [2.24, 2.45) is 0 Å². The van der Waals surface area contributed by atoms with E-state index in [2.05, 4.69) is 16.2 Å². The Morgan fingerprint density at radius 3 is 2.78 bits per heavy atom. The predicted molar refractivity (Wildman–Crippen MR) is 103 cm³/mol. The zero-order valence-electron chi connectivity index (χ0n) is 15.5. The summed E-state index contributed by atoms with van der Waals surface area (Å²) in [5, 5.41) is 25.6. The molecule has 27 heavy (non-hydrogen) atoms. The molecular formula is C20H21ClN4O2. The Labute approximate surface area is 163 Å². The van der Waals surface area contributed by atoms with Crippen LogP contribution in [0.25, 0.3) is 10.9 Å². The monoisotopic (exact) mass is 384 g/mol. The SMILES string of the molecule is CCOCc1cn(Cc2cc(C(C)(C)O)c3ncc(Cl)cc3c2)nc1C#N. The molecule has 7 heteroatoms. The van der Waals surface area contributed by atoms with Gasteiger partial charge < -0.3 is 9.84 Å². The van der Waals surface area contributed by atoms with Crippen LogP contribution in [-0.4, -0.2) is 26.5 Å². The van der Waals surface area contributed by atoms with Gasteiger partial charge in [-0.05, 0) is 44.5 Å². The van der Waals surface area contributed by atoms with Gasteiger partial charge in [0.05, 0.1) is 29.3 Å². The maximum atomic E-state index is 10.6. The van der Waals surface area contributed by atoms with Gasteiger partial charge in [-0.1, -0.05) is 11.6 Å². The van der Waals surface area contributed by atoms with Gasteiger partial charge in [0, 0.05) is 35.5 Å². The summed E-state index contributed by atoms with van der Waals surface area (Å²) in [6, 6.07) is 7.82. The molecule has 6 nitrogen and oxygen atoms in total. The van der Waals surface area contributed by atoms with Crippen LogP contribution in [0, 0.1) is 11.3 Å². The first kappa shape index (κ1) is 19.3.